The van der Waals surface area contributed by atoms with Gasteiger partial charge in [-0.3, -0.25) is 24.0 Å². The van der Waals surface area contributed by atoms with Crippen LogP contribution in [0.5, 0.6) is 5.88 Å². The lowest BCUT2D eigenvalue weighted by Crippen LogP contribution is -2.56. The molecule has 52 heavy (non-hydrogen) atoms. The molecule has 0 bridgehead atoms. The predicted molar refractivity (Wildman–Crippen MR) is 186 cm³/mol. The second-order valence-electron chi connectivity index (χ2n) is 13.7. The largest absolute Gasteiger partial charge is 0.467 e. The molecule has 16 nitrogen and oxygen atoms in total. The second kappa shape index (κ2) is 16.9. The molecule has 2 unspecified atom stereocenters. The van der Waals surface area contributed by atoms with Gasteiger partial charge in [-0.2, -0.15) is 5.10 Å². The minimum absolute atomic E-state index is 0.00668. The van der Waals surface area contributed by atoms with Crippen LogP contribution >= 0.6 is 0 Å². The number of ether oxygens (including phenoxy) is 2. The number of rotatable bonds is 14. The summed E-state index contributed by atoms with van der Waals surface area (Å²) in [5, 5.41) is 13.2. The first-order valence-corrected chi connectivity index (χ1v) is 18.4. The number of para-hydroxylation sites is 1. The van der Waals surface area contributed by atoms with Crippen molar-refractivity contribution >= 4 is 35.6 Å². The second-order valence-corrected chi connectivity index (χ2v) is 13.7. The summed E-state index contributed by atoms with van der Waals surface area (Å²) in [6.07, 6.45) is 5.67. The van der Waals surface area contributed by atoms with Gasteiger partial charge in [0.05, 0.1) is 12.3 Å². The molecule has 4 aliphatic rings. The third-order valence-corrected chi connectivity index (χ3v) is 9.98. The first-order chi connectivity index (χ1) is 25.2. The molecule has 1 aromatic heterocycles. The highest BCUT2D eigenvalue weighted by molar-refractivity contribution is 5.96. The van der Waals surface area contributed by atoms with Crippen LogP contribution in [0, 0.1) is 5.92 Å². The number of carbonyl (C=O) groups excluding carboxylic acids is 6. The van der Waals surface area contributed by atoms with Crippen molar-refractivity contribution in [2.24, 2.45) is 5.92 Å². The number of benzene rings is 1. The normalized spacial score (nSPS) is 19.3. The highest BCUT2D eigenvalue weighted by Gasteiger charge is 2.36. The number of aromatic nitrogens is 2. The molecule has 2 aromatic rings. The van der Waals surface area contributed by atoms with Gasteiger partial charge in [-0.05, 0) is 70.4 Å². The van der Waals surface area contributed by atoms with Crippen molar-refractivity contribution < 1.29 is 38.2 Å². The van der Waals surface area contributed by atoms with Gasteiger partial charge in [0.15, 0.2) is 12.3 Å². The third-order valence-electron chi connectivity index (χ3n) is 9.98. The van der Waals surface area contributed by atoms with Gasteiger partial charge < -0.3 is 40.1 Å². The summed E-state index contributed by atoms with van der Waals surface area (Å²) in [7, 11) is 0. The maximum absolute atomic E-state index is 13.8. The fourth-order valence-corrected chi connectivity index (χ4v) is 6.60. The van der Waals surface area contributed by atoms with Crippen LogP contribution in [-0.4, -0.2) is 131 Å². The summed E-state index contributed by atoms with van der Waals surface area (Å²) in [5.41, 5.74) is 0.537. The Balaban J connectivity index is 1.14. The fourth-order valence-electron chi connectivity index (χ4n) is 6.60. The van der Waals surface area contributed by atoms with Crippen molar-refractivity contribution in [1.29, 1.82) is 0 Å². The Bertz CT molecular complexity index is 1620. The van der Waals surface area contributed by atoms with Crippen molar-refractivity contribution in [2.45, 2.75) is 76.4 Å². The SMILES string of the molecule is CCOC(=O)N1CCN(C(=O)C(CCNC(=O)C2CC2)NC(=O)c2cc(OCC(=O)N3CCCC3C(=O)NC3CCC3)n(-c3ccccc3)n2)CC1. The maximum atomic E-state index is 13.8. The molecule has 2 saturated heterocycles. The number of hydrogen-bond acceptors (Lipinski definition) is 9. The van der Waals surface area contributed by atoms with Crippen LogP contribution in [0.25, 0.3) is 5.69 Å². The van der Waals surface area contributed by atoms with Gasteiger partial charge in [-0.25, -0.2) is 9.48 Å². The van der Waals surface area contributed by atoms with Crippen molar-refractivity contribution in [1.82, 2.24) is 40.4 Å². The van der Waals surface area contributed by atoms with E-state index in [1.54, 1.807) is 41.0 Å². The van der Waals surface area contributed by atoms with E-state index in [2.05, 4.69) is 21.0 Å². The first kappa shape index (κ1) is 36.6. The Kier molecular flexibility index (Phi) is 11.9. The topological polar surface area (TPSA) is 185 Å². The number of amides is 6. The molecule has 2 saturated carbocycles. The highest BCUT2D eigenvalue weighted by atomic mass is 16.6. The minimum atomic E-state index is -0.993. The van der Waals surface area contributed by atoms with E-state index >= 15 is 0 Å². The minimum Gasteiger partial charge on any atom is -0.467 e. The molecule has 3 N–H and O–H groups in total. The van der Waals surface area contributed by atoms with Gasteiger partial charge in [-0.1, -0.05) is 18.2 Å². The lowest BCUT2D eigenvalue weighted by molar-refractivity contribution is -0.140. The number of nitrogens with zero attached hydrogens (tertiary/aromatic N) is 5. The summed E-state index contributed by atoms with van der Waals surface area (Å²) in [6.45, 7) is 3.33. The van der Waals surface area contributed by atoms with E-state index in [0.29, 0.717) is 25.1 Å². The Morgan fingerprint density at radius 3 is 2.29 bits per heavy atom. The Morgan fingerprint density at radius 1 is 0.885 bits per heavy atom. The Morgan fingerprint density at radius 2 is 1.62 bits per heavy atom. The number of carbonyl (C=O) groups is 6. The maximum Gasteiger partial charge on any atom is 0.409 e. The average Bonchev–Trinajstić information content (AvgIpc) is 3.72. The zero-order chi connectivity index (χ0) is 36.6. The fraction of sp³-hybridized carbons (Fsp3) is 0.583. The van der Waals surface area contributed by atoms with Crippen LogP contribution < -0.4 is 20.7 Å². The van der Waals surface area contributed by atoms with E-state index in [1.807, 2.05) is 6.07 Å². The molecule has 2 atom stereocenters. The predicted octanol–water partition coefficient (Wildman–Crippen LogP) is 1.23. The molecule has 2 aliphatic heterocycles. The highest BCUT2D eigenvalue weighted by Crippen LogP contribution is 2.29. The van der Waals surface area contributed by atoms with Crippen LogP contribution in [0.15, 0.2) is 36.4 Å². The summed E-state index contributed by atoms with van der Waals surface area (Å²) in [4.78, 5) is 83.0. The lowest BCUT2D eigenvalue weighted by atomic mass is 9.93. The molecule has 4 fully saturated rings. The molecule has 0 radical (unpaired) electrons. The average molecular weight is 721 g/mol. The number of hydrogen-bond donors (Lipinski definition) is 3. The van der Waals surface area contributed by atoms with E-state index in [1.165, 1.54) is 15.6 Å². The van der Waals surface area contributed by atoms with Gasteiger partial charge in [0.1, 0.15) is 12.1 Å². The van der Waals surface area contributed by atoms with Gasteiger partial charge in [-0.15, -0.1) is 0 Å². The zero-order valence-electron chi connectivity index (χ0n) is 29.6. The molecule has 6 amide bonds. The molecule has 0 spiro atoms. The Hall–Kier alpha value is -5.15. The van der Waals surface area contributed by atoms with Crippen LogP contribution in [0.1, 0.15) is 68.8 Å². The van der Waals surface area contributed by atoms with E-state index in [-0.39, 0.29) is 99.5 Å². The molecule has 280 valence electrons. The Labute approximate surface area is 302 Å². The van der Waals surface area contributed by atoms with Gasteiger partial charge >= 0.3 is 6.09 Å². The first-order valence-electron chi connectivity index (χ1n) is 18.4. The van der Waals surface area contributed by atoms with E-state index in [9.17, 15) is 28.8 Å². The molecular weight excluding hydrogens is 672 g/mol. The van der Waals surface area contributed by atoms with Crippen LogP contribution in [0.4, 0.5) is 4.79 Å². The summed E-state index contributed by atoms with van der Waals surface area (Å²) < 4.78 is 12.5. The molecule has 2 aliphatic carbocycles. The van der Waals surface area contributed by atoms with E-state index in [4.69, 9.17) is 9.47 Å². The van der Waals surface area contributed by atoms with Crippen molar-refractivity contribution in [2.75, 3.05) is 52.5 Å². The smallest absolute Gasteiger partial charge is 0.409 e. The van der Waals surface area contributed by atoms with Crippen LogP contribution in [0.2, 0.25) is 0 Å². The third kappa shape index (κ3) is 9.01. The van der Waals surface area contributed by atoms with Crippen LogP contribution in [0.3, 0.4) is 0 Å². The van der Waals surface area contributed by atoms with E-state index < -0.39 is 24.1 Å². The molecule has 16 heteroatoms. The summed E-state index contributed by atoms with van der Waals surface area (Å²) in [5.74, 6) is -1.42. The van der Waals surface area contributed by atoms with E-state index in [0.717, 1.165) is 32.1 Å². The standard InChI is InChI=1S/C36H48N8O8/c1-2-51-36(50)42-20-18-41(19-21-42)35(49)27(15-16-37-32(46)24-13-14-24)39-33(47)28-22-31(44(40-28)26-10-4-3-5-11-26)52-23-30(45)43-17-7-12-29(43)34(48)38-25-8-6-9-25/h3-5,10-11,22,24-25,27,29H,2,6-9,12-21,23H2,1H3,(H,37,46)(H,38,48)(H,39,47). The molecule has 1 aromatic carbocycles. The number of likely N-dealkylation sites (tertiary alicyclic amines) is 1. The molecule has 6 rings (SSSR count). The van der Waals surface area contributed by atoms with Crippen LogP contribution in [-0.2, 0) is 23.9 Å². The summed E-state index contributed by atoms with van der Waals surface area (Å²) in [6, 6.07) is 9.02. The monoisotopic (exact) mass is 720 g/mol. The quantitative estimate of drug-likeness (QED) is 0.258. The van der Waals surface area contributed by atoms with Gasteiger partial charge in [0.2, 0.25) is 23.6 Å². The number of nitrogens with one attached hydrogen (secondary N) is 3. The molecular formula is C36H48N8O8. The zero-order valence-corrected chi connectivity index (χ0v) is 29.6. The lowest BCUT2D eigenvalue weighted by Gasteiger charge is -2.36. The van der Waals surface area contributed by atoms with Gasteiger partial charge in [0.25, 0.3) is 11.8 Å². The molecule has 3 heterocycles. The van der Waals surface area contributed by atoms with Crippen molar-refractivity contribution in [3.8, 4) is 11.6 Å². The number of piperazine rings is 1. The summed E-state index contributed by atoms with van der Waals surface area (Å²) >= 11 is 0. The van der Waals surface area contributed by atoms with Crippen molar-refractivity contribution in [3.05, 3.63) is 42.1 Å². The van der Waals surface area contributed by atoms with Crippen molar-refractivity contribution in [3.63, 3.8) is 0 Å². The van der Waals surface area contributed by atoms with Gasteiger partial charge in [0, 0.05) is 57.3 Å².